The quantitative estimate of drug-likeness (QED) is 0.720. The third-order valence-electron chi connectivity index (χ3n) is 4.33. The Hall–Kier alpha value is -2.85. The topological polar surface area (TPSA) is 92.8 Å². The third kappa shape index (κ3) is 4.96. The summed E-state index contributed by atoms with van der Waals surface area (Å²) in [5, 5.41) is 2.44. The van der Waals surface area contributed by atoms with E-state index >= 15 is 0 Å². The van der Waals surface area contributed by atoms with Gasteiger partial charge in [-0.05, 0) is 49.2 Å². The van der Waals surface area contributed by atoms with Gasteiger partial charge in [-0.1, -0.05) is 0 Å². The standard InChI is InChI=1S/C19H18F2N2O5S/c20-13-3-8-16(17(21)11-13)19(25)28-12-18(24)22-14-4-6-15(7-5-14)29(26,27)23-9-1-2-10-23/h3-8,11H,1-2,9-10,12H2,(H,22,24). The number of benzene rings is 2. The van der Waals surface area contributed by atoms with Gasteiger partial charge in [0.15, 0.2) is 6.61 Å². The van der Waals surface area contributed by atoms with Crippen LogP contribution in [0.3, 0.4) is 0 Å². The van der Waals surface area contributed by atoms with Gasteiger partial charge in [0, 0.05) is 24.8 Å². The number of hydrogen-bond donors (Lipinski definition) is 1. The van der Waals surface area contributed by atoms with E-state index in [2.05, 4.69) is 5.32 Å². The number of halogens is 2. The van der Waals surface area contributed by atoms with Gasteiger partial charge in [0.1, 0.15) is 11.6 Å². The average molecular weight is 424 g/mol. The Bertz CT molecular complexity index is 1020. The monoisotopic (exact) mass is 424 g/mol. The molecule has 0 aliphatic carbocycles. The Morgan fingerprint density at radius 1 is 1.03 bits per heavy atom. The van der Waals surface area contributed by atoms with Crippen LogP contribution in [0.1, 0.15) is 23.2 Å². The molecule has 0 bridgehead atoms. The fourth-order valence-corrected chi connectivity index (χ4v) is 4.37. The van der Waals surface area contributed by atoms with Gasteiger partial charge in [0.25, 0.3) is 5.91 Å². The van der Waals surface area contributed by atoms with Crippen LogP contribution in [0.5, 0.6) is 0 Å². The van der Waals surface area contributed by atoms with Gasteiger partial charge in [0.05, 0.1) is 10.5 Å². The Morgan fingerprint density at radius 3 is 2.31 bits per heavy atom. The maximum Gasteiger partial charge on any atom is 0.341 e. The minimum atomic E-state index is -3.55. The molecule has 1 saturated heterocycles. The molecule has 154 valence electrons. The van der Waals surface area contributed by atoms with Crippen LogP contribution in [0.15, 0.2) is 47.4 Å². The number of amides is 1. The van der Waals surface area contributed by atoms with Crippen LogP contribution < -0.4 is 5.32 Å². The number of rotatable bonds is 6. The number of carbonyl (C=O) groups excluding carboxylic acids is 2. The van der Waals surface area contributed by atoms with E-state index in [1.165, 1.54) is 28.6 Å². The van der Waals surface area contributed by atoms with Crippen molar-refractivity contribution >= 4 is 27.6 Å². The lowest BCUT2D eigenvalue weighted by molar-refractivity contribution is -0.119. The van der Waals surface area contributed by atoms with Gasteiger partial charge >= 0.3 is 5.97 Å². The van der Waals surface area contributed by atoms with Crippen LogP contribution in [-0.2, 0) is 19.6 Å². The molecule has 29 heavy (non-hydrogen) atoms. The number of esters is 1. The maximum atomic E-state index is 13.5. The highest BCUT2D eigenvalue weighted by Gasteiger charge is 2.27. The van der Waals surface area contributed by atoms with Gasteiger partial charge < -0.3 is 10.1 Å². The minimum Gasteiger partial charge on any atom is -0.452 e. The van der Waals surface area contributed by atoms with Gasteiger partial charge in [-0.3, -0.25) is 4.79 Å². The number of hydrogen-bond acceptors (Lipinski definition) is 5. The van der Waals surface area contributed by atoms with Crippen molar-refractivity contribution in [3.05, 3.63) is 59.7 Å². The summed E-state index contributed by atoms with van der Waals surface area (Å²) in [7, 11) is -3.55. The molecule has 0 unspecified atom stereocenters. The molecule has 2 aromatic carbocycles. The Morgan fingerprint density at radius 2 is 1.69 bits per heavy atom. The highest BCUT2D eigenvalue weighted by molar-refractivity contribution is 7.89. The molecule has 1 N–H and O–H groups in total. The zero-order valence-electron chi connectivity index (χ0n) is 15.2. The molecule has 1 aliphatic rings. The molecule has 10 heteroatoms. The summed E-state index contributed by atoms with van der Waals surface area (Å²) in [5.41, 5.74) is -0.185. The number of sulfonamides is 1. The first-order valence-electron chi connectivity index (χ1n) is 8.79. The zero-order chi connectivity index (χ0) is 21.0. The van der Waals surface area contributed by atoms with Crippen molar-refractivity contribution in [2.24, 2.45) is 0 Å². The largest absolute Gasteiger partial charge is 0.452 e. The molecule has 0 spiro atoms. The van der Waals surface area contributed by atoms with Gasteiger partial charge in [-0.15, -0.1) is 0 Å². The SMILES string of the molecule is O=C(COC(=O)c1ccc(F)cc1F)Nc1ccc(S(=O)(=O)N2CCCC2)cc1. The highest BCUT2D eigenvalue weighted by Crippen LogP contribution is 2.22. The van der Waals surface area contributed by atoms with E-state index in [0.717, 1.165) is 25.0 Å². The first kappa shape index (κ1) is 20.9. The first-order chi connectivity index (χ1) is 13.8. The first-order valence-corrected chi connectivity index (χ1v) is 10.2. The molecule has 1 heterocycles. The summed E-state index contributed by atoms with van der Waals surface area (Å²) in [5.74, 6) is -3.74. The molecule has 1 fully saturated rings. The Labute approximate surface area is 166 Å². The normalized spacial score (nSPS) is 14.6. The Balaban J connectivity index is 1.56. The number of nitrogens with one attached hydrogen (secondary N) is 1. The second kappa shape index (κ2) is 8.66. The summed E-state index contributed by atoms with van der Waals surface area (Å²) in [4.78, 5) is 23.8. The zero-order valence-corrected chi connectivity index (χ0v) is 16.0. The molecule has 3 rings (SSSR count). The van der Waals surface area contributed by atoms with Crippen molar-refractivity contribution < 1.29 is 31.5 Å². The smallest absolute Gasteiger partial charge is 0.341 e. The molecule has 0 radical (unpaired) electrons. The number of carbonyl (C=O) groups is 2. The summed E-state index contributed by atoms with van der Waals surface area (Å²) < 4.78 is 57.4. The van der Waals surface area contributed by atoms with E-state index in [-0.39, 0.29) is 4.90 Å². The summed E-state index contributed by atoms with van der Waals surface area (Å²) in [6.07, 6.45) is 1.65. The highest BCUT2D eigenvalue weighted by atomic mass is 32.2. The van der Waals surface area contributed by atoms with Crippen LogP contribution >= 0.6 is 0 Å². The molecule has 0 atom stereocenters. The fraction of sp³-hybridized carbons (Fsp3) is 0.263. The lowest BCUT2D eigenvalue weighted by atomic mass is 10.2. The van der Waals surface area contributed by atoms with E-state index in [0.29, 0.717) is 24.8 Å². The van der Waals surface area contributed by atoms with Gasteiger partial charge in [0.2, 0.25) is 10.0 Å². The van der Waals surface area contributed by atoms with Crippen LogP contribution in [0.4, 0.5) is 14.5 Å². The van der Waals surface area contributed by atoms with E-state index in [9.17, 15) is 26.8 Å². The van der Waals surface area contributed by atoms with E-state index in [1.54, 1.807) is 0 Å². The average Bonchev–Trinajstić information content (AvgIpc) is 3.22. The molecule has 1 amide bonds. The van der Waals surface area contributed by atoms with Crippen LogP contribution in [-0.4, -0.2) is 44.3 Å². The van der Waals surface area contributed by atoms with Crippen molar-refractivity contribution in [3.8, 4) is 0 Å². The van der Waals surface area contributed by atoms with Crippen molar-refractivity contribution in [2.75, 3.05) is 25.0 Å². The predicted octanol–water partition coefficient (Wildman–Crippen LogP) is 2.54. The second-order valence-electron chi connectivity index (χ2n) is 6.38. The summed E-state index contributed by atoms with van der Waals surface area (Å²) in [6, 6.07) is 7.95. The molecule has 0 aromatic heterocycles. The Kier molecular flexibility index (Phi) is 6.23. The fourth-order valence-electron chi connectivity index (χ4n) is 2.85. The van der Waals surface area contributed by atoms with E-state index in [4.69, 9.17) is 4.74 Å². The van der Waals surface area contributed by atoms with Crippen LogP contribution in [0, 0.1) is 11.6 Å². The molecule has 7 nitrogen and oxygen atoms in total. The lowest BCUT2D eigenvalue weighted by Crippen LogP contribution is -2.27. The molecular formula is C19H18F2N2O5S. The molecular weight excluding hydrogens is 406 g/mol. The summed E-state index contributed by atoms with van der Waals surface area (Å²) >= 11 is 0. The van der Waals surface area contributed by atoms with Crippen molar-refractivity contribution in [1.82, 2.24) is 4.31 Å². The van der Waals surface area contributed by atoms with E-state index < -0.39 is 45.7 Å². The second-order valence-corrected chi connectivity index (χ2v) is 8.32. The lowest BCUT2D eigenvalue weighted by Gasteiger charge is -2.15. The van der Waals surface area contributed by atoms with Crippen molar-refractivity contribution in [1.29, 1.82) is 0 Å². The van der Waals surface area contributed by atoms with Crippen LogP contribution in [0.2, 0.25) is 0 Å². The molecule has 1 aliphatic heterocycles. The number of ether oxygens (including phenoxy) is 1. The predicted molar refractivity (Wildman–Crippen MR) is 99.7 cm³/mol. The summed E-state index contributed by atoms with van der Waals surface area (Å²) in [6.45, 7) is 0.283. The van der Waals surface area contributed by atoms with Crippen LogP contribution in [0.25, 0.3) is 0 Å². The minimum absolute atomic E-state index is 0.121. The number of anilines is 1. The molecule has 0 saturated carbocycles. The number of nitrogens with zero attached hydrogens (tertiary/aromatic N) is 1. The maximum absolute atomic E-state index is 13.5. The third-order valence-corrected chi connectivity index (χ3v) is 6.24. The van der Waals surface area contributed by atoms with Gasteiger partial charge in [-0.25, -0.2) is 22.0 Å². The van der Waals surface area contributed by atoms with Gasteiger partial charge in [-0.2, -0.15) is 4.31 Å². The molecule has 2 aromatic rings. The van der Waals surface area contributed by atoms with E-state index in [1.807, 2.05) is 0 Å². The van der Waals surface area contributed by atoms with Crippen molar-refractivity contribution in [2.45, 2.75) is 17.7 Å². The van der Waals surface area contributed by atoms with Crippen molar-refractivity contribution in [3.63, 3.8) is 0 Å².